The Labute approximate surface area is 181 Å². The van der Waals surface area contributed by atoms with Crippen LogP contribution in [0.15, 0.2) is 67.9 Å². The quantitative estimate of drug-likeness (QED) is 0.188. The fourth-order valence-corrected chi connectivity index (χ4v) is 12.4. The number of halogens is 2. The van der Waals surface area contributed by atoms with E-state index in [1.54, 1.807) is 3.20 Å². The molecule has 0 aliphatic rings. The third kappa shape index (κ3) is 5.29. The summed E-state index contributed by atoms with van der Waals surface area (Å²) in [5.74, 6) is 0. The van der Waals surface area contributed by atoms with Crippen molar-refractivity contribution in [3.63, 3.8) is 0 Å². The molecule has 0 atom stereocenters. The van der Waals surface area contributed by atoms with Gasteiger partial charge in [-0.3, -0.25) is 0 Å². The van der Waals surface area contributed by atoms with Gasteiger partial charge in [-0.15, -0.1) is 0 Å². The minimum Gasteiger partial charge on any atom is -0.0651 e. The molecular formula is C22H26I2Si. The summed E-state index contributed by atoms with van der Waals surface area (Å²) in [4.78, 5) is 0. The fourth-order valence-electron chi connectivity index (χ4n) is 3.43. The highest BCUT2D eigenvalue weighted by molar-refractivity contribution is 14.1. The van der Waals surface area contributed by atoms with Crippen molar-refractivity contribution in [3.05, 3.63) is 79.1 Å². The lowest BCUT2D eigenvalue weighted by Gasteiger charge is -2.27. The zero-order valence-electron chi connectivity index (χ0n) is 15.3. The largest absolute Gasteiger partial charge is 0.0846 e. The van der Waals surface area contributed by atoms with Gasteiger partial charge in [0.05, 0.1) is 8.80 Å². The second kappa shape index (κ2) is 10.1. The van der Waals surface area contributed by atoms with Gasteiger partial charge in [0.15, 0.2) is 0 Å². The predicted molar refractivity (Wildman–Crippen MR) is 133 cm³/mol. The Morgan fingerprint density at radius 3 is 1.64 bits per heavy atom. The van der Waals surface area contributed by atoms with E-state index in [2.05, 4.69) is 138 Å². The highest BCUT2D eigenvalue weighted by atomic mass is 127. The van der Waals surface area contributed by atoms with Gasteiger partial charge in [-0.05, 0) is 40.6 Å². The normalized spacial score (nSPS) is 13.6. The summed E-state index contributed by atoms with van der Waals surface area (Å²) in [5, 5.41) is 0. The van der Waals surface area contributed by atoms with Gasteiger partial charge in [0.1, 0.15) is 0 Å². The average molecular weight is 572 g/mol. The molecular weight excluding hydrogens is 546 g/mol. The standard InChI is InChI=1S/C22H26I2Si/c1-16(2)25(17(3)4)22(24)21(19-13-9-6-10-14-19)20(15-23)18-11-7-5-8-12-18/h5-17,25H,1-4H3. The molecule has 3 heteroatoms. The number of allylic oxidation sites excluding steroid dienone is 2. The summed E-state index contributed by atoms with van der Waals surface area (Å²) in [6.45, 7) is 9.59. The molecule has 25 heavy (non-hydrogen) atoms. The number of rotatable bonds is 6. The van der Waals surface area contributed by atoms with E-state index in [4.69, 9.17) is 0 Å². The van der Waals surface area contributed by atoms with Gasteiger partial charge < -0.3 is 0 Å². The van der Waals surface area contributed by atoms with Crippen LogP contribution >= 0.6 is 45.2 Å². The van der Waals surface area contributed by atoms with Crippen LogP contribution in [0.5, 0.6) is 0 Å². The Morgan fingerprint density at radius 1 is 0.800 bits per heavy atom. The van der Waals surface area contributed by atoms with Crippen LogP contribution in [0, 0.1) is 0 Å². The van der Waals surface area contributed by atoms with Gasteiger partial charge in [-0.25, -0.2) is 0 Å². The molecule has 0 fully saturated rings. The van der Waals surface area contributed by atoms with Crippen molar-refractivity contribution in [1.29, 1.82) is 0 Å². The molecule has 2 aromatic rings. The minimum absolute atomic E-state index is 0.747. The molecule has 0 nitrogen and oxygen atoms in total. The number of benzene rings is 2. The van der Waals surface area contributed by atoms with Crippen LogP contribution in [0.4, 0.5) is 0 Å². The lowest BCUT2D eigenvalue weighted by molar-refractivity contribution is 0.950. The topological polar surface area (TPSA) is 0 Å². The fraction of sp³-hybridized carbons (Fsp3) is 0.273. The maximum absolute atomic E-state index is 2.66. The summed E-state index contributed by atoms with van der Waals surface area (Å²) in [7, 11) is -1.07. The maximum atomic E-state index is 2.66. The third-order valence-corrected chi connectivity index (χ3v) is 11.6. The first-order chi connectivity index (χ1) is 12.0. The highest BCUT2D eigenvalue weighted by Gasteiger charge is 2.27. The average Bonchev–Trinajstić information content (AvgIpc) is 2.60. The molecule has 0 amide bonds. The van der Waals surface area contributed by atoms with Crippen LogP contribution in [-0.4, -0.2) is 8.80 Å². The van der Waals surface area contributed by atoms with Crippen molar-refractivity contribution in [2.24, 2.45) is 0 Å². The molecule has 132 valence electrons. The molecule has 0 spiro atoms. The van der Waals surface area contributed by atoms with Crippen LogP contribution in [0.3, 0.4) is 0 Å². The first kappa shape index (κ1) is 20.9. The van der Waals surface area contributed by atoms with E-state index in [1.807, 2.05) is 0 Å². The Bertz CT molecular complexity index is 723. The summed E-state index contributed by atoms with van der Waals surface area (Å²) < 4.78 is 3.85. The maximum Gasteiger partial charge on any atom is 0.0846 e. The first-order valence-electron chi connectivity index (χ1n) is 8.78. The van der Waals surface area contributed by atoms with Crippen molar-refractivity contribution < 1.29 is 0 Å². The lowest BCUT2D eigenvalue weighted by Crippen LogP contribution is -2.23. The summed E-state index contributed by atoms with van der Waals surface area (Å²) in [6.07, 6.45) is 0. The third-order valence-electron chi connectivity index (χ3n) is 4.49. The summed E-state index contributed by atoms with van der Waals surface area (Å²) in [5.41, 5.74) is 6.90. The molecule has 0 aliphatic heterocycles. The Morgan fingerprint density at radius 2 is 1.24 bits per heavy atom. The smallest absolute Gasteiger partial charge is 0.0651 e. The Kier molecular flexibility index (Phi) is 8.42. The minimum atomic E-state index is -1.07. The second-order valence-corrected chi connectivity index (χ2v) is 14.2. The van der Waals surface area contributed by atoms with Gasteiger partial charge in [-0.1, -0.05) is 134 Å². The number of hydrogen-bond acceptors (Lipinski definition) is 0. The van der Waals surface area contributed by atoms with Gasteiger partial charge in [-0.2, -0.15) is 0 Å². The van der Waals surface area contributed by atoms with Crippen LogP contribution in [-0.2, 0) is 0 Å². The van der Waals surface area contributed by atoms with Crippen molar-refractivity contribution in [2.45, 2.75) is 38.8 Å². The molecule has 0 radical (unpaired) electrons. The molecule has 0 aliphatic carbocycles. The Hall–Kier alpha value is -0.403. The molecule has 0 aromatic heterocycles. The van der Waals surface area contributed by atoms with Crippen molar-refractivity contribution in [3.8, 4) is 0 Å². The molecule has 0 saturated carbocycles. The predicted octanol–water partition coefficient (Wildman–Crippen LogP) is 7.90. The first-order valence-corrected chi connectivity index (χ1v) is 13.0. The van der Waals surface area contributed by atoms with E-state index in [0.29, 0.717) is 0 Å². The molecule has 0 saturated heterocycles. The van der Waals surface area contributed by atoms with Crippen LogP contribution < -0.4 is 0 Å². The van der Waals surface area contributed by atoms with Gasteiger partial charge in [0.2, 0.25) is 0 Å². The van der Waals surface area contributed by atoms with E-state index in [1.165, 1.54) is 22.3 Å². The van der Waals surface area contributed by atoms with Crippen molar-refractivity contribution >= 4 is 65.1 Å². The van der Waals surface area contributed by atoms with Crippen LogP contribution in [0.2, 0.25) is 11.1 Å². The van der Waals surface area contributed by atoms with E-state index in [9.17, 15) is 0 Å². The molecule has 0 bridgehead atoms. The zero-order chi connectivity index (χ0) is 18.4. The van der Waals surface area contributed by atoms with Crippen LogP contribution in [0.1, 0.15) is 38.8 Å². The van der Waals surface area contributed by atoms with Gasteiger partial charge in [0.25, 0.3) is 0 Å². The van der Waals surface area contributed by atoms with E-state index < -0.39 is 8.80 Å². The summed E-state index contributed by atoms with van der Waals surface area (Å²) in [6, 6.07) is 21.7. The molecule has 0 heterocycles. The lowest BCUT2D eigenvalue weighted by atomic mass is 9.95. The van der Waals surface area contributed by atoms with Gasteiger partial charge >= 0.3 is 0 Å². The van der Waals surface area contributed by atoms with Crippen molar-refractivity contribution in [2.75, 3.05) is 0 Å². The van der Waals surface area contributed by atoms with Gasteiger partial charge in [0, 0.05) is 0 Å². The monoisotopic (exact) mass is 572 g/mol. The highest BCUT2D eigenvalue weighted by Crippen LogP contribution is 2.42. The van der Waals surface area contributed by atoms with E-state index >= 15 is 0 Å². The SMILES string of the molecule is CC(C)[SiH](C(I)=C(C(=CI)c1ccccc1)c1ccccc1)C(C)C. The number of hydrogen-bond donors (Lipinski definition) is 0. The molecule has 0 unspecified atom stereocenters. The van der Waals surface area contributed by atoms with Crippen molar-refractivity contribution in [1.82, 2.24) is 0 Å². The van der Waals surface area contributed by atoms with E-state index in [0.717, 1.165) is 11.1 Å². The molecule has 2 aromatic carbocycles. The summed E-state index contributed by atoms with van der Waals surface area (Å²) >= 11 is 5.06. The molecule has 2 rings (SSSR count). The molecule has 0 N–H and O–H groups in total. The second-order valence-electron chi connectivity index (χ2n) is 6.99. The van der Waals surface area contributed by atoms with Crippen LogP contribution in [0.25, 0.3) is 11.1 Å². The zero-order valence-corrected chi connectivity index (χ0v) is 20.8. The van der Waals surface area contributed by atoms with E-state index in [-0.39, 0.29) is 0 Å². The Balaban J connectivity index is 2.72.